The highest BCUT2D eigenvalue weighted by molar-refractivity contribution is 7.22. The number of benzene rings is 1. The highest BCUT2D eigenvalue weighted by atomic mass is 32.1. The van der Waals surface area contributed by atoms with Gasteiger partial charge in [-0.3, -0.25) is 14.4 Å². The molecule has 1 saturated heterocycles. The molecule has 0 radical (unpaired) electrons. The van der Waals surface area contributed by atoms with Crippen LogP contribution in [0.3, 0.4) is 0 Å². The molecule has 1 unspecified atom stereocenters. The second-order valence-corrected chi connectivity index (χ2v) is 7.95. The van der Waals surface area contributed by atoms with Gasteiger partial charge >= 0.3 is 0 Å². The van der Waals surface area contributed by atoms with Crippen LogP contribution >= 0.6 is 11.3 Å². The number of fused-ring (bicyclic) bond motifs is 1. The number of rotatable bonds is 4. The summed E-state index contributed by atoms with van der Waals surface area (Å²) in [7, 11) is 0. The zero-order valence-corrected chi connectivity index (χ0v) is 15.9. The summed E-state index contributed by atoms with van der Waals surface area (Å²) in [5.41, 5.74) is 2.12. The van der Waals surface area contributed by atoms with Crippen LogP contribution < -0.4 is 5.32 Å². The molecular formula is C19H23N5OS. The van der Waals surface area contributed by atoms with Crippen molar-refractivity contribution in [3.05, 3.63) is 42.2 Å². The lowest BCUT2D eigenvalue weighted by molar-refractivity contribution is -0.121. The molecule has 0 saturated carbocycles. The molecule has 26 heavy (non-hydrogen) atoms. The Morgan fingerprint density at radius 2 is 2.08 bits per heavy atom. The SMILES string of the molecule is Cc1cnn(C2CCN(C(C)C(=O)Nc3nc4ccccc4s3)CC2)c1. The lowest BCUT2D eigenvalue weighted by atomic mass is 10.0. The maximum absolute atomic E-state index is 12.6. The number of aryl methyl sites for hydroxylation is 1. The Labute approximate surface area is 156 Å². The molecule has 7 heteroatoms. The van der Waals surface area contributed by atoms with E-state index in [4.69, 9.17) is 0 Å². The molecule has 3 heterocycles. The van der Waals surface area contributed by atoms with Crippen LogP contribution in [0.4, 0.5) is 5.13 Å². The lowest BCUT2D eigenvalue weighted by Crippen LogP contribution is -2.46. The summed E-state index contributed by atoms with van der Waals surface area (Å²) < 4.78 is 3.16. The maximum Gasteiger partial charge on any atom is 0.243 e. The first-order valence-corrected chi connectivity index (χ1v) is 9.83. The van der Waals surface area contributed by atoms with Crippen LogP contribution in [0.5, 0.6) is 0 Å². The summed E-state index contributed by atoms with van der Waals surface area (Å²) in [6.45, 7) is 5.84. The summed E-state index contributed by atoms with van der Waals surface area (Å²) >= 11 is 1.52. The second-order valence-electron chi connectivity index (χ2n) is 6.92. The van der Waals surface area contributed by atoms with Crippen LogP contribution in [0.1, 0.15) is 31.4 Å². The molecule has 2 aromatic heterocycles. The molecule has 1 N–H and O–H groups in total. The van der Waals surface area contributed by atoms with Crippen LogP contribution in [0.2, 0.25) is 0 Å². The van der Waals surface area contributed by atoms with Gasteiger partial charge in [0, 0.05) is 19.3 Å². The van der Waals surface area contributed by atoms with E-state index in [2.05, 4.69) is 38.1 Å². The summed E-state index contributed by atoms with van der Waals surface area (Å²) in [6.07, 6.45) is 6.03. The minimum absolute atomic E-state index is 0.0115. The Balaban J connectivity index is 1.35. The molecule has 1 aromatic carbocycles. The normalized spacial score (nSPS) is 17.5. The Bertz CT molecular complexity index is 876. The van der Waals surface area contributed by atoms with Crippen molar-refractivity contribution in [3.63, 3.8) is 0 Å². The molecule has 0 aliphatic carbocycles. The summed E-state index contributed by atoms with van der Waals surface area (Å²) in [5, 5.41) is 8.09. The van der Waals surface area contributed by atoms with E-state index in [1.54, 1.807) is 0 Å². The van der Waals surface area contributed by atoms with E-state index in [0.717, 1.165) is 36.1 Å². The second kappa shape index (κ2) is 7.17. The monoisotopic (exact) mass is 369 g/mol. The number of anilines is 1. The standard InChI is InChI=1S/C19H23N5OS/c1-13-11-20-24(12-13)15-7-9-23(10-8-15)14(2)18(25)22-19-21-16-5-3-4-6-17(16)26-19/h3-6,11-12,14-15H,7-10H2,1-2H3,(H,21,22,25). The molecular weight excluding hydrogens is 346 g/mol. The van der Waals surface area contributed by atoms with Gasteiger partial charge in [-0.05, 0) is 44.4 Å². The van der Waals surface area contributed by atoms with Gasteiger partial charge < -0.3 is 5.32 Å². The average molecular weight is 369 g/mol. The van der Waals surface area contributed by atoms with E-state index in [-0.39, 0.29) is 11.9 Å². The van der Waals surface area contributed by atoms with Gasteiger partial charge in [-0.2, -0.15) is 5.10 Å². The van der Waals surface area contributed by atoms with Crippen molar-refractivity contribution in [2.45, 2.75) is 38.8 Å². The van der Waals surface area contributed by atoms with Gasteiger partial charge in [0.25, 0.3) is 0 Å². The van der Waals surface area contributed by atoms with E-state index in [9.17, 15) is 4.79 Å². The molecule has 1 aliphatic heterocycles. The van der Waals surface area contributed by atoms with E-state index in [1.807, 2.05) is 37.4 Å². The van der Waals surface area contributed by atoms with Crippen LogP contribution in [0, 0.1) is 6.92 Å². The third-order valence-corrected chi connectivity index (χ3v) is 6.01. The highest BCUT2D eigenvalue weighted by Crippen LogP contribution is 2.27. The zero-order chi connectivity index (χ0) is 18.1. The third kappa shape index (κ3) is 3.50. The first-order chi connectivity index (χ1) is 12.6. The Morgan fingerprint density at radius 3 is 2.77 bits per heavy atom. The molecule has 0 spiro atoms. The van der Waals surface area contributed by atoms with Crippen LogP contribution in [-0.4, -0.2) is 44.7 Å². The molecule has 4 rings (SSSR count). The zero-order valence-electron chi connectivity index (χ0n) is 15.1. The van der Waals surface area contributed by atoms with E-state index >= 15 is 0 Å². The lowest BCUT2D eigenvalue weighted by Gasteiger charge is -2.35. The van der Waals surface area contributed by atoms with Crippen molar-refractivity contribution in [3.8, 4) is 0 Å². The smallest absolute Gasteiger partial charge is 0.243 e. The first kappa shape index (κ1) is 17.2. The van der Waals surface area contributed by atoms with Crippen LogP contribution in [-0.2, 0) is 4.79 Å². The van der Waals surface area contributed by atoms with Gasteiger partial charge in [0.15, 0.2) is 5.13 Å². The van der Waals surface area contributed by atoms with Gasteiger partial charge in [0.05, 0.1) is 28.5 Å². The number of thiazole rings is 1. The molecule has 1 aliphatic rings. The number of amides is 1. The van der Waals surface area contributed by atoms with Crippen molar-refractivity contribution >= 4 is 32.6 Å². The van der Waals surface area contributed by atoms with Crippen LogP contribution in [0.25, 0.3) is 10.2 Å². The Morgan fingerprint density at radius 1 is 1.31 bits per heavy atom. The number of carbonyl (C=O) groups is 1. The topological polar surface area (TPSA) is 63.1 Å². The fourth-order valence-corrected chi connectivity index (χ4v) is 4.34. The number of hydrogen-bond acceptors (Lipinski definition) is 5. The van der Waals surface area contributed by atoms with Gasteiger partial charge in [-0.25, -0.2) is 4.98 Å². The minimum Gasteiger partial charge on any atom is -0.301 e. The maximum atomic E-state index is 12.6. The quantitative estimate of drug-likeness (QED) is 0.765. The fraction of sp³-hybridized carbons (Fsp3) is 0.421. The Kier molecular flexibility index (Phi) is 4.74. The molecule has 1 amide bonds. The number of aromatic nitrogens is 3. The largest absolute Gasteiger partial charge is 0.301 e. The number of likely N-dealkylation sites (tertiary alicyclic amines) is 1. The van der Waals surface area contributed by atoms with Crippen LogP contribution in [0.15, 0.2) is 36.7 Å². The summed E-state index contributed by atoms with van der Waals surface area (Å²) in [4.78, 5) is 19.4. The number of nitrogens with one attached hydrogen (secondary N) is 1. The van der Waals surface area contributed by atoms with Crippen molar-refractivity contribution in [1.82, 2.24) is 19.7 Å². The van der Waals surface area contributed by atoms with E-state index < -0.39 is 0 Å². The summed E-state index contributed by atoms with van der Waals surface area (Å²) in [5.74, 6) is 0.0115. The number of hydrogen-bond donors (Lipinski definition) is 1. The molecule has 6 nitrogen and oxygen atoms in total. The molecule has 0 bridgehead atoms. The molecule has 136 valence electrons. The fourth-order valence-electron chi connectivity index (χ4n) is 3.47. The van der Waals surface area contributed by atoms with Gasteiger partial charge in [0.2, 0.25) is 5.91 Å². The molecule has 1 atom stereocenters. The predicted octanol–water partition coefficient (Wildman–Crippen LogP) is 3.47. The Hall–Kier alpha value is -2.25. The van der Waals surface area contributed by atoms with Gasteiger partial charge in [-0.15, -0.1) is 0 Å². The third-order valence-electron chi connectivity index (χ3n) is 5.05. The molecule has 1 fully saturated rings. The van der Waals surface area contributed by atoms with Gasteiger partial charge in [0.1, 0.15) is 0 Å². The number of piperidine rings is 1. The van der Waals surface area contributed by atoms with Crippen molar-refractivity contribution < 1.29 is 4.79 Å². The molecule has 3 aromatic rings. The summed E-state index contributed by atoms with van der Waals surface area (Å²) in [6, 6.07) is 8.20. The predicted molar refractivity (Wildman–Crippen MR) is 105 cm³/mol. The van der Waals surface area contributed by atoms with Crippen molar-refractivity contribution in [2.24, 2.45) is 0 Å². The number of para-hydroxylation sites is 1. The number of carbonyl (C=O) groups excluding carboxylic acids is 1. The van der Waals surface area contributed by atoms with Crippen molar-refractivity contribution in [1.29, 1.82) is 0 Å². The van der Waals surface area contributed by atoms with Gasteiger partial charge in [-0.1, -0.05) is 23.5 Å². The average Bonchev–Trinajstić information content (AvgIpc) is 3.26. The minimum atomic E-state index is -0.165. The first-order valence-electron chi connectivity index (χ1n) is 9.01. The van der Waals surface area contributed by atoms with E-state index in [0.29, 0.717) is 11.2 Å². The van der Waals surface area contributed by atoms with Crippen molar-refractivity contribution in [2.75, 3.05) is 18.4 Å². The highest BCUT2D eigenvalue weighted by Gasteiger charge is 2.28. The number of nitrogens with zero attached hydrogens (tertiary/aromatic N) is 4. The van der Waals surface area contributed by atoms with E-state index in [1.165, 1.54) is 16.9 Å².